The Bertz CT molecular complexity index is 223. The molecule has 0 aromatic heterocycles. The van der Waals surface area contributed by atoms with Gasteiger partial charge in [-0.25, -0.2) is 0 Å². The third kappa shape index (κ3) is 21.5. The maximum absolute atomic E-state index is 2.38. The lowest BCUT2D eigenvalue weighted by atomic mass is 10.0. The van der Waals surface area contributed by atoms with Gasteiger partial charge in [-0.3, -0.25) is 0 Å². The minimum atomic E-state index is 1.26. The maximum Gasteiger partial charge on any atom is -0.0351 e. The highest BCUT2D eigenvalue weighted by atomic mass is 14.0. The number of rotatable bonds is 18. The van der Waals surface area contributed by atoms with Crippen molar-refractivity contribution in [2.75, 3.05) is 0 Å². The molecular formula is C23H44. The Morgan fingerprint density at radius 1 is 0.348 bits per heavy atom. The van der Waals surface area contributed by atoms with E-state index in [1.165, 1.54) is 109 Å². The molecule has 0 aliphatic rings. The van der Waals surface area contributed by atoms with Gasteiger partial charge in [-0.1, -0.05) is 109 Å². The molecule has 23 heavy (non-hydrogen) atoms. The van der Waals surface area contributed by atoms with Crippen LogP contribution in [0.15, 0.2) is 24.3 Å². The summed E-state index contributed by atoms with van der Waals surface area (Å²) in [5.74, 6) is 0. The van der Waals surface area contributed by atoms with Crippen LogP contribution in [0.1, 0.15) is 123 Å². The molecule has 0 fully saturated rings. The molecule has 0 heterocycles. The van der Waals surface area contributed by atoms with Gasteiger partial charge >= 0.3 is 0 Å². The average Bonchev–Trinajstić information content (AvgIpc) is 2.57. The summed E-state index contributed by atoms with van der Waals surface area (Å²) in [6.07, 6.45) is 33.0. The fourth-order valence-corrected chi connectivity index (χ4v) is 2.92. The summed E-state index contributed by atoms with van der Waals surface area (Å²) in [7, 11) is 0. The Labute approximate surface area is 147 Å². The number of allylic oxidation sites excluding steroid dienone is 4. The molecule has 0 nitrogen and oxygen atoms in total. The first-order chi connectivity index (χ1) is 11.4. The molecule has 0 bridgehead atoms. The quantitative estimate of drug-likeness (QED) is 0.175. The first-order valence-corrected chi connectivity index (χ1v) is 10.7. The van der Waals surface area contributed by atoms with Gasteiger partial charge in [0.05, 0.1) is 0 Å². The van der Waals surface area contributed by atoms with Crippen LogP contribution >= 0.6 is 0 Å². The van der Waals surface area contributed by atoms with Crippen LogP contribution in [-0.2, 0) is 0 Å². The molecule has 0 unspecified atom stereocenters. The van der Waals surface area contributed by atoms with Gasteiger partial charge in [-0.05, 0) is 38.5 Å². The van der Waals surface area contributed by atoms with Gasteiger partial charge in [0.25, 0.3) is 0 Å². The van der Waals surface area contributed by atoms with Crippen LogP contribution in [0.2, 0.25) is 0 Å². The standard InChI is InChI=1S/C23H44/c1-3-5-7-9-11-13-15-17-19-21-23-22-20-18-16-14-12-10-8-6-4-2/h7-10H,3-6,11-23H2,1-2H3/b9-7+,10-8+. The van der Waals surface area contributed by atoms with E-state index in [-0.39, 0.29) is 0 Å². The summed E-state index contributed by atoms with van der Waals surface area (Å²) in [5.41, 5.74) is 0. The summed E-state index contributed by atoms with van der Waals surface area (Å²) < 4.78 is 0. The number of hydrogen-bond acceptors (Lipinski definition) is 0. The van der Waals surface area contributed by atoms with Crippen LogP contribution in [0.3, 0.4) is 0 Å². The Morgan fingerprint density at radius 3 is 0.913 bits per heavy atom. The molecule has 0 aromatic carbocycles. The monoisotopic (exact) mass is 320 g/mol. The Balaban J connectivity index is 3.02. The highest BCUT2D eigenvalue weighted by molar-refractivity contribution is 4.81. The molecule has 0 spiro atoms. The lowest BCUT2D eigenvalue weighted by Gasteiger charge is -2.02. The lowest BCUT2D eigenvalue weighted by Crippen LogP contribution is -1.82. The van der Waals surface area contributed by atoms with Crippen molar-refractivity contribution in [3.63, 3.8) is 0 Å². The highest BCUT2D eigenvalue weighted by Gasteiger charge is 1.93. The summed E-state index contributed by atoms with van der Waals surface area (Å²) in [6, 6.07) is 0. The minimum absolute atomic E-state index is 1.26. The predicted octanol–water partition coefficient (Wildman–Crippen LogP) is 8.77. The van der Waals surface area contributed by atoms with Crippen molar-refractivity contribution in [1.82, 2.24) is 0 Å². The van der Waals surface area contributed by atoms with Gasteiger partial charge in [-0.15, -0.1) is 0 Å². The normalized spacial score (nSPS) is 11.9. The molecule has 0 aliphatic carbocycles. The molecule has 0 heteroatoms. The van der Waals surface area contributed by atoms with Crippen LogP contribution in [0, 0.1) is 0 Å². The second-order valence-electron chi connectivity index (χ2n) is 6.99. The molecule has 0 radical (unpaired) electrons. The largest absolute Gasteiger partial charge is 0.0885 e. The van der Waals surface area contributed by atoms with E-state index in [2.05, 4.69) is 38.2 Å². The first kappa shape index (κ1) is 22.5. The summed E-state index contributed by atoms with van der Waals surface area (Å²) >= 11 is 0. The predicted molar refractivity (Wildman–Crippen MR) is 108 cm³/mol. The van der Waals surface area contributed by atoms with Gasteiger partial charge in [-0.2, -0.15) is 0 Å². The summed E-state index contributed by atoms with van der Waals surface area (Å²) in [4.78, 5) is 0. The van der Waals surface area contributed by atoms with Crippen molar-refractivity contribution in [2.45, 2.75) is 123 Å². The van der Waals surface area contributed by atoms with Gasteiger partial charge in [0.2, 0.25) is 0 Å². The number of hydrogen-bond donors (Lipinski definition) is 0. The summed E-state index contributed by atoms with van der Waals surface area (Å²) in [6.45, 7) is 4.49. The lowest BCUT2D eigenvalue weighted by molar-refractivity contribution is 0.547. The highest BCUT2D eigenvalue weighted by Crippen LogP contribution is 2.13. The van der Waals surface area contributed by atoms with Crippen LogP contribution in [0.4, 0.5) is 0 Å². The van der Waals surface area contributed by atoms with Gasteiger partial charge in [0.1, 0.15) is 0 Å². The van der Waals surface area contributed by atoms with E-state index in [9.17, 15) is 0 Å². The molecule has 0 aromatic rings. The van der Waals surface area contributed by atoms with E-state index in [0.717, 1.165) is 0 Å². The molecule has 0 saturated heterocycles. The van der Waals surface area contributed by atoms with Crippen LogP contribution < -0.4 is 0 Å². The average molecular weight is 321 g/mol. The molecule has 136 valence electrons. The van der Waals surface area contributed by atoms with E-state index in [4.69, 9.17) is 0 Å². The molecule has 0 rings (SSSR count). The van der Waals surface area contributed by atoms with Crippen molar-refractivity contribution in [2.24, 2.45) is 0 Å². The third-order valence-corrected chi connectivity index (χ3v) is 4.49. The Morgan fingerprint density at radius 2 is 0.609 bits per heavy atom. The molecule has 0 amide bonds. The third-order valence-electron chi connectivity index (χ3n) is 4.49. The van der Waals surface area contributed by atoms with Crippen molar-refractivity contribution in [3.05, 3.63) is 24.3 Å². The van der Waals surface area contributed by atoms with E-state index >= 15 is 0 Å². The smallest absolute Gasteiger partial charge is 0.0351 e. The molecule has 0 atom stereocenters. The van der Waals surface area contributed by atoms with Gasteiger partial charge in [0, 0.05) is 0 Å². The maximum atomic E-state index is 2.38. The zero-order valence-corrected chi connectivity index (χ0v) is 16.3. The minimum Gasteiger partial charge on any atom is -0.0885 e. The van der Waals surface area contributed by atoms with Crippen molar-refractivity contribution in [3.8, 4) is 0 Å². The zero-order chi connectivity index (χ0) is 16.8. The van der Waals surface area contributed by atoms with E-state index in [1.54, 1.807) is 0 Å². The van der Waals surface area contributed by atoms with Gasteiger partial charge in [0.15, 0.2) is 0 Å². The summed E-state index contributed by atoms with van der Waals surface area (Å²) in [5, 5.41) is 0. The SMILES string of the molecule is CCC/C=C/CCCCCCCCCCCCC/C=C/CCC. The zero-order valence-electron chi connectivity index (χ0n) is 16.3. The molecule has 0 saturated carbocycles. The van der Waals surface area contributed by atoms with Crippen molar-refractivity contribution < 1.29 is 0 Å². The Hall–Kier alpha value is -0.520. The molecular weight excluding hydrogens is 276 g/mol. The second kappa shape index (κ2) is 21.5. The fraction of sp³-hybridized carbons (Fsp3) is 0.826. The number of unbranched alkanes of at least 4 members (excludes halogenated alkanes) is 14. The van der Waals surface area contributed by atoms with Crippen molar-refractivity contribution >= 4 is 0 Å². The Kier molecular flexibility index (Phi) is 21.0. The van der Waals surface area contributed by atoms with Crippen molar-refractivity contribution in [1.29, 1.82) is 0 Å². The van der Waals surface area contributed by atoms with Crippen LogP contribution in [0.5, 0.6) is 0 Å². The van der Waals surface area contributed by atoms with E-state index in [0.29, 0.717) is 0 Å². The fourth-order valence-electron chi connectivity index (χ4n) is 2.92. The topological polar surface area (TPSA) is 0 Å². The molecule has 0 aliphatic heterocycles. The van der Waals surface area contributed by atoms with E-state index < -0.39 is 0 Å². The first-order valence-electron chi connectivity index (χ1n) is 10.7. The molecule has 0 N–H and O–H groups in total. The van der Waals surface area contributed by atoms with Gasteiger partial charge < -0.3 is 0 Å². The van der Waals surface area contributed by atoms with Crippen LogP contribution in [0.25, 0.3) is 0 Å². The van der Waals surface area contributed by atoms with Crippen LogP contribution in [-0.4, -0.2) is 0 Å². The van der Waals surface area contributed by atoms with E-state index in [1.807, 2.05) is 0 Å². The second-order valence-corrected chi connectivity index (χ2v) is 6.99.